The second kappa shape index (κ2) is 4.09. The molecule has 0 atom stereocenters. The van der Waals surface area contributed by atoms with Crippen molar-refractivity contribution in [1.82, 2.24) is 4.90 Å². The van der Waals surface area contributed by atoms with Crippen LogP contribution in [0.1, 0.15) is 6.42 Å². The third kappa shape index (κ3) is 1.91. The van der Waals surface area contributed by atoms with Gasteiger partial charge in [-0.25, -0.2) is 0 Å². The summed E-state index contributed by atoms with van der Waals surface area (Å²) in [5, 5.41) is 21.3. The minimum Gasteiger partial charge on any atom is -0.327 e. The minimum atomic E-state index is -2.22. The van der Waals surface area contributed by atoms with Gasteiger partial charge in [-0.1, -0.05) is 15.9 Å². The van der Waals surface area contributed by atoms with Crippen LogP contribution in [-0.4, -0.2) is 44.7 Å². The molecule has 1 aliphatic heterocycles. The van der Waals surface area contributed by atoms with Gasteiger partial charge in [0.25, 0.3) is 0 Å². The Morgan fingerprint density at radius 2 is 1.93 bits per heavy atom. The molecule has 0 unspecified atom stereocenters. The number of likely N-dealkylation sites (tertiary alicyclic amines) is 1. The number of rotatable bonds is 3. The molecule has 0 aromatic heterocycles. The van der Waals surface area contributed by atoms with E-state index in [9.17, 15) is 25.0 Å². The maximum absolute atomic E-state index is 11.2. The maximum Gasteiger partial charge on any atom is 0.477 e. The second-order valence-corrected chi connectivity index (χ2v) is 3.76. The van der Waals surface area contributed by atoms with Crippen molar-refractivity contribution < 1.29 is 14.6 Å². The minimum absolute atomic E-state index is 0.0124. The molecule has 8 nitrogen and oxygen atoms in total. The molecule has 1 heterocycles. The van der Waals surface area contributed by atoms with Crippen molar-refractivity contribution in [2.45, 2.75) is 12.1 Å². The van der Waals surface area contributed by atoms with Crippen LogP contribution in [0.25, 0.3) is 0 Å². The van der Waals surface area contributed by atoms with E-state index in [0.717, 1.165) is 4.90 Å². The lowest BCUT2D eigenvalue weighted by molar-refractivity contribution is -0.791. The van der Waals surface area contributed by atoms with Crippen LogP contribution in [0.2, 0.25) is 0 Å². The van der Waals surface area contributed by atoms with Crippen LogP contribution < -0.4 is 0 Å². The van der Waals surface area contributed by atoms with Gasteiger partial charge < -0.3 is 4.90 Å². The van der Waals surface area contributed by atoms with E-state index in [1.165, 1.54) is 0 Å². The van der Waals surface area contributed by atoms with Crippen molar-refractivity contribution in [2.75, 3.05) is 18.4 Å². The Hall–Kier alpha value is -1.25. The molecule has 1 aliphatic rings. The fourth-order valence-corrected chi connectivity index (χ4v) is 1.79. The summed E-state index contributed by atoms with van der Waals surface area (Å²) < 4.78 is 0. The predicted octanol–water partition coefficient (Wildman–Crippen LogP) is -0.137. The molecule has 0 aromatic carbocycles. The van der Waals surface area contributed by atoms with E-state index in [-0.39, 0.29) is 24.2 Å². The molecule has 0 radical (unpaired) electrons. The van der Waals surface area contributed by atoms with Gasteiger partial charge in [0.1, 0.15) is 16.3 Å². The van der Waals surface area contributed by atoms with Gasteiger partial charge in [0.2, 0.25) is 5.91 Å². The number of nitrogens with zero attached hydrogens (tertiary/aromatic N) is 3. The van der Waals surface area contributed by atoms with Crippen LogP contribution in [0.5, 0.6) is 0 Å². The SMILES string of the molecule is O=C(CBr)N1CCC([N+](=O)[O-])([N+](=O)[O-])C1. The molecule has 1 amide bonds. The smallest absolute Gasteiger partial charge is 0.327 e. The summed E-state index contributed by atoms with van der Waals surface area (Å²) in [4.78, 5) is 31.7. The van der Waals surface area contributed by atoms with Crippen LogP contribution in [0.15, 0.2) is 0 Å². The van der Waals surface area contributed by atoms with E-state index >= 15 is 0 Å². The summed E-state index contributed by atoms with van der Waals surface area (Å²) in [6, 6.07) is 0. The van der Waals surface area contributed by atoms with Crippen LogP contribution in [-0.2, 0) is 4.79 Å². The third-order valence-corrected chi connectivity index (χ3v) is 2.85. The molecule has 0 aromatic rings. The lowest BCUT2D eigenvalue weighted by atomic mass is 10.2. The topological polar surface area (TPSA) is 107 Å². The highest BCUT2D eigenvalue weighted by Crippen LogP contribution is 2.25. The molecule has 84 valence electrons. The Kier molecular flexibility index (Phi) is 3.22. The number of amides is 1. The Morgan fingerprint density at radius 3 is 2.27 bits per heavy atom. The predicted molar refractivity (Wildman–Crippen MR) is 51.7 cm³/mol. The average Bonchev–Trinajstić information content (AvgIpc) is 2.62. The van der Waals surface area contributed by atoms with Crippen molar-refractivity contribution >= 4 is 21.8 Å². The van der Waals surface area contributed by atoms with Gasteiger partial charge in [-0.05, 0) is 0 Å². The lowest BCUT2D eigenvalue weighted by Gasteiger charge is -2.13. The molecule has 0 bridgehead atoms. The summed E-state index contributed by atoms with van der Waals surface area (Å²) >= 11 is 2.91. The molecule has 9 heteroatoms. The van der Waals surface area contributed by atoms with E-state index in [0.29, 0.717) is 0 Å². The molecule has 1 saturated heterocycles. The van der Waals surface area contributed by atoms with E-state index in [2.05, 4.69) is 15.9 Å². The van der Waals surface area contributed by atoms with Gasteiger partial charge in [-0.2, -0.15) is 0 Å². The van der Waals surface area contributed by atoms with Gasteiger partial charge in [0.05, 0.1) is 5.33 Å². The number of carbonyl (C=O) groups excluding carboxylic acids is 1. The molecule has 0 aliphatic carbocycles. The van der Waals surface area contributed by atoms with Gasteiger partial charge in [0.15, 0.2) is 6.54 Å². The molecule has 1 rings (SSSR count). The largest absolute Gasteiger partial charge is 0.477 e. The number of carbonyl (C=O) groups is 1. The summed E-state index contributed by atoms with van der Waals surface area (Å²) in [5.74, 6) is -0.374. The monoisotopic (exact) mass is 281 g/mol. The molecular formula is C6H8BrN3O5. The number of alkyl halides is 1. The molecule has 1 fully saturated rings. The van der Waals surface area contributed by atoms with Crippen LogP contribution in [0.4, 0.5) is 0 Å². The number of hydrogen-bond acceptors (Lipinski definition) is 5. The first kappa shape index (κ1) is 11.8. The third-order valence-electron chi connectivity index (χ3n) is 2.37. The number of nitro groups is 2. The molecule has 0 spiro atoms. The average molecular weight is 282 g/mol. The van der Waals surface area contributed by atoms with E-state index < -0.39 is 22.1 Å². The lowest BCUT2D eigenvalue weighted by Crippen LogP contribution is -2.49. The van der Waals surface area contributed by atoms with Crippen molar-refractivity contribution in [3.05, 3.63) is 20.2 Å². The summed E-state index contributed by atoms with van der Waals surface area (Å²) in [6.45, 7) is -0.413. The molecule has 0 N–H and O–H groups in total. The molecule has 15 heavy (non-hydrogen) atoms. The maximum atomic E-state index is 11.2. The van der Waals surface area contributed by atoms with Gasteiger partial charge >= 0.3 is 5.66 Å². The Labute approximate surface area is 92.7 Å². The number of halogens is 1. The summed E-state index contributed by atoms with van der Waals surface area (Å²) in [7, 11) is 0. The summed E-state index contributed by atoms with van der Waals surface area (Å²) in [5.41, 5.74) is -2.22. The summed E-state index contributed by atoms with van der Waals surface area (Å²) in [6.07, 6.45) is -0.244. The normalized spacial score (nSPS) is 18.9. The van der Waals surface area contributed by atoms with Crippen molar-refractivity contribution in [3.63, 3.8) is 0 Å². The van der Waals surface area contributed by atoms with E-state index in [1.54, 1.807) is 0 Å². The zero-order chi connectivity index (χ0) is 11.6. The van der Waals surface area contributed by atoms with E-state index in [1.807, 2.05) is 0 Å². The van der Waals surface area contributed by atoms with Crippen molar-refractivity contribution in [2.24, 2.45) is 0 Å². The van der Waals surface area contributed by atoms with Crippen LogP contribution in [0, 0.1) is 20.2 Å². The van der Waals surface area contributed by atoms with Crippen molar-refractivity contribution in [1.29, 1.82) is 0 Å². The first-order valence-electron chi connectivity index (χ1n) is 4.07. The highest BCUT2D eigenvalue weighted by molar-refractivity contribution is 9.09. The van der Waals surface area contributed by atoms with Gasteiger partial charge in [0, 0.05) is 6.54 Å². The van der Waals surface area contributed by atoms with Gasteiger partial charge in [-0.3, -0.25) is 25.0 Å². The van der Waals surface area contributed by atoms with Crippen LogP contribution in [0.3, 0.4) is 0 Å². The first-order valence-corrected chi connectivity index (χ1v) is 5.19. The zero-order valence-corrected chi connectivity index (χ0v) is 9.18. The van der Waals surface area contributed by atoms with Gasteiger partial charge in [-0.15, -0.1) is 0 Å². The Bertz CT molecular complexity index is 306. The second-order valence-electron chi connectivity index (χ2n) is 3.20. The van der Waals surface area contributed by atoms with Crippen LogP contribution >= 0.6 is 15.9 Å². The highest BCUT2D eigenvalue weighted by atomic mass is 79.9. The standard InChI is InChI=1S/C6H8BrN3O5/c7-3-5(11)8-2-1-6(4-8,9(12)13)10(14)15/h1-4H2. The van der Waals surface area contributed by atoms with E-state index in [4.69, 9.17) is 0 Å². The quantitative estimate of drug-likeness (QED) is 0.310. The first-order chi connectivity index (χ1) is 6.94. The Balaban J connectivity index is 2.86. The number of hydrogen-bond donors (Lipinski definition) is 0. The van der Waals surface area contributed by atoms with Crippen molar-refractivity contribution in [3.8, 4) is 0 Å². The fourth-order valence-electron chi connectivity index (χ4n) is 1.44. The molecular weight excluding hydrogens is 274 g/mol. The fraction of sp³-hybridized carbons (Fsp3) is 0.833. The zero-order valence-electron chi connectivity index (χ0n) is 7.59. The highest BCUT2D eigenvalue weighted by Gasteiger charge is 2.61. The molecule has 0 saturated carbocycles. The Morgan fingerprint density at radius 1 is 1.40 bits per heavy atom.